The topological polar surface area (TPSA) is 64.2 Å². The molecule has 0 bridgehead atoms. The van der Waals surface area contributed by atoms with Crippen LogP contribution in [0.25, 0.3) is 10.9 Å². The third kappa shape index (κ3) is 3.14. The average Bonchev–Trinajstić information content (AvgIpc) is 2.85. The number of fused-ring (bicyclic) bond motifs is 1. The first-order chi connectivity index (χ1) is 11.9. The van der Waals surface area contributed by atoms with E-state index in [2.05, 4.69) is 32.0 Å². The SMILES string of the molecule is COC(=O)c1c(CC#N)c2ccc(C3CCOC(C)(C)C3)cc2n1C. The van der Waals surface area contributed by atoms with Gasteiger partial charge in [0, 0.05) is 30.1 Å². The lowest BCUT2D eigenvalue weighted by atomic mass is 9.83. The number of rotatable bonds is 3. The molecule has 0 radical (unpaired) electrons. The molecular formula is C20H24N2O3. The number of aromatic nitrogens is 1. The molecule has 132 valence electrons. The molecule has 0 spiro atoms. The molecule has 1 aliphatic heterocycles. The summed E-state index contributed by atoms with van der Waals surface area (Å²) in [5, 5.41) is 10.1. The predicted molar refractivity (Wildman–Crippen MR) is 95.6 cm³/mol. The Labute approximate surface area is 148 Å². The predicted octanol–water partition coefficient (Wildman–Crippen LogP) is 3.70. The van der Waals surface area contributed by atoms with Gasteiger partial charge in [-0.2, -0.15) is 5.26 Å². The first-order valence-corrected chi connectivity index (χ1v) is 8.58. The monoisotopic (exact) mass is 340 g/mol. The molecule has 0 N–H and O–H groups in total. The lowest BCUT2D eigenvalue weighted by molar-refractivity contribution is -0.0592. The van der Waals surface area contributed by atoms with Gasteiger partial charge in [0.05, 0.1) is 25.2 Å². The summed E-state index contributed by atoms with van der Waals surface area (Å²) in [6.45, 7) is 5.01. The summed E-state index contributed by atoms with van der Waals surface area (Å²) in [7, 11) is 3.22. The van der Waals surface area contributed by atoms with Gasteiger partial charge in [-0.05, 0) is 44.2 Å². The molecule has 1 unspecified atom stereocenters. The Balaban J connectivity index is 2.10. The molecule has 25 heavy (non-hydrogen) atoms. The molecule has 0 saturated carbocycles. The second-order valence-electron chi connectivity index (χ2n) is 7.29. The molecule has 0 amide bonds. The Kier molecular flexibility index (Phi) is 4.57. The average molecular weight is 340 g/mol. The Morgan fingerprint density at radius 1 is 1.48 bits per heavy atom. The van der Waals surface area contributed by atoms with Crippen LogP contribution in [0.1, 0.15) is 54.2 Å². The number of hydrogen-bond donors (Lipinski definition) is 0. The highest BCUT2D eigenvalue weighted by Gasteiger charge is 2.30. The van der Waals surface area contributed by atoms with Crippen LogP contribution in [0, 0.1) is 11.3 Å². The van der Waals surface area contributed by atoms with E-state index in [1.54, 1.807) is 0 Å². The Bertz CT molecular complexity index is 858. The number of aryl methyl sites for hydroxylation is 1. The quantitative estimate of drug-likeness (QED) is 0.799. The van der Waals surface area contributed by atoms with Crippen LogP contribution in [0.15, 0.2) is 18.2 Å². The van der Waals surface area contributed by atoms with Gasteiger partial charge in [0.1, 0.15) is 5.69 Å². The molecule has 1 fully saturated rings. The number of benzene rings is 1. The van der Waals surface area contributed by atoms with Gasteiger partial charge in [0.25, 0.3) is 0 Å². The van der Waals surface area contributed by atoms with Gasteiger partial charge in [0.2, 0.25) is 0 Å². The van der Waals surface area contributed by atoms with Crippen molar-refractivity contribution in [3.05, 3.63) is 35.0 Å². The van der Waals surface area contributed by atoms with E-state index in [1.165, 1.54) is 12.7 Å². The van der Waals surface area contributed by atoms with Crippen molar-refractivity contribution in [2.75, 3.05) is 13.7 Å². The Hall–Kier alpha value is -2.32. The van der Waals surface area contributed by atoms with E-state index in [9.17, 15) is 4.79 Å². The lowest BCUT2D eigenvalue weighted by Gasteiger charge is -2.35. The minimum Gasteiger partial charge on any atom is -0.464 e. The number of hydrogen-bond acceptors (Lipinski definition) is 4. The van der Waals surface area contributed by atoms with E-state index >= 15 is 0 Å². The van der Waals surface area contributed by atoms with Crippen LogP contribution < -0.4 is 0 Å². The molecule has 1 atom stereocenters. The maximum Gasteiger partial charge on any atom is 0.355 e. The smallest absolute Gasteiger partial charge is 0.355 e. The number of methoxy groups -OCH3 is 1. The van der Waals surface area contributed by atoms with Gasteiger partial charge in [-0.3, -0.25) is 0 Å². The van der Waals surface area contributed by atoms with Crippen LogP contribution >= 0.6 is 0 Å². The van der Waals surface area contributed by atoms with Crippen LogP contribution in [0.5, 0.6) is 0 Å². The van der Waals surface area contributed by atoms with Crippen LogP contribution in [0.3, 0.4) is 0 Å². The van der Waals surface area contributed by atoms with Crippen molar-refractivity contribution in [3.63, 3.8) is 0 Å². The molecule has 3 rings (SSSR count). The molecule has 1 aromatic heterocycles. The maximum atomic E-state index is 12.2. The molecule has 1 aromatic carbocycles. The highest BCUT2D eigenvalue weighted by Crippen LogP contribution is 2.37. The summed E-state index contributed by atoms with van der Waals surface area (Å²) in [6.07, 6.45) is 2.15. The van der Waals surface area contributed by atoms with Crippen molar-refractivity contribution in [2.45, 2.75) is 44.6 Å². The fourth-order valence-corrected chi connectivity index (χ4v) is 3.92. The van der Waals surface area contributed by atoms with Gasteiger partial charge in [0.15, 0.2) is 0 Å². The largest absolute Gasteiger partial charge is 0.464 e. The van der Waals surface area contributed by atoms with E-state index in [4.69, 9.17) is 14.7 Å². The number of esters is 1. The van der Waals surface area contributed by atoms with Crippen molar-refractivity contribution < 1.29 is 14.3 Å². The first kappa shape index (κ1) is 17.5. The van der Waals surface area contributed by atoms with E-state index in [1.807, 2.05) is 17.7 Å². The number of ether oxygens (including phenoxy) is 2. The fraction of sp³-hybridized carbons (Fsp3) is 0.500. The van der Waals surface area contributed by atoms with Crippen LogP contribution in [0.2, 0.25) is 0 Å². The third-order valence-electron chi connectivity index (χ3n) is 5.13. The molecule has 2 aromatic rings. The highest BCUT2D eigenvalue weighted by atomic mass is 16.5. The Morgan fingerprint density at radius 3 is 2.88 bits per heavy atom. The van der Waals surface area contributed by atoms with Gasteiger partial charge in [-0.1, -0.05) is 12.1 Å². The summed E-state index contributed by atoms with van der Waals surface area (Å²) >= 11 is 0. The second-order valence-corrected chi connectivity index (χ2v) is 7.29. The summed E-state index contributed by atoms with van der Waals surface area (Å²) < 4.78 is 12.6. The van der Waals surface area contributed by atoms with Crippen molar-refractivity contribution in [3.8, 4) is 6.07 Å². The standard InChI is InChI=1S/C20H24N2O3/c1-20(2)12-14(8-10-25-20)13-5-6-15-16(7-9-21)18(19(23)24-4)22(3)17(15)11-13/h5-6,11,14H,7-8,10,12H2,1-4H3. The van der Waals surface area contributed by atoms with E-state index in [0.717, 1.165) is 35.9 Å². The molecule has 1 aliphatic rings. The van der Waals surface area contributed by atoms with Gasteiger partial charge < -0.3 is 14.0 Å². The van der Waals surface area contributed by atoms with Gasteiger partial charge in [-0.25, -0.2) is 4.79 Å². The lowest BCUT2D eigenvalue weighted by Crippen LogP contribution is -2.32. The summed E-state index contributed by atoms with van der Waals surface area (Å²) in [6, 6.07) is 8.46. The van der Waals surface area contributed by atoms with Gasteiger partial charge >= 0.3 is 5.97 Å². The third-order valence-corrected chi connectivity index (χ3v) is 5.13. The van der Waals surface area contributed by atoms with Crippen molar-refractivity contribution in [2.24, 2.45) is 7.05 Å². The summed E-state index contributed by atoms with van der Waals surface area (Å²) in [5.41, 5.74) is 3.31. The van der Waals surface area contributed by atoms with Crippen molar-refractivity contribution >= 4 is 16.9 Å². The maximum absolute atomic E-state index is 12.2. The van der Waals surface area contributed by atoms with Crippen molar-refractivity contribution in [1.29, 1.82) is 5.26 Å². The zero-order valence-corrected chi connectivity index (χ0v) is 15.3. The minimum absolute atomic E-state index is 0.116. The van der Waals surface area contributed by atoms with Crippen molar-refractivity contribution in [1.82, 2.24) is 4.57 Å². The van der Waals surface area contributed by atoms with E-state index in [0.29, 0.717) is 11.6 Å². The molecular weight excluding hydrogens is 316 g/mol. The second kappa shape index (κ2) is 6.53. The van der Waals surface area contributed by atoms with E-state index in [-0.39, 0.29) is 12.0 Å². The van der Waals surface area contributed by atoms with Gasteiger partial charge in [-0.15, -0.1) is 0 Å². The molecule has 0 aliphatic carbocycles. The zero-order valence-electron chi connectivity index (χ0n) is 15.3. The highest BCUT2D eigenvalue weighted by molar-refractivity contribution is 5.99. The summed E-state index contributed by atoms with van der Waals surface area (Å²) in [5.74, 6) is 0.0294. The first-order valence-electron chi connectivity index (χ1n) is 8.58. The van der Waals surface area contributed by atoms with Crippen LogP contribution in [-0.4, -0.2) is 29.9 Å². The zero-order chi connectivity index (χ0) is 18.2. The molecule has 2 heterocycles. The molecule has 1 saturated heterocycles. The minimum atomic E-state index is -0.405. The number of nitrogens with zero attached hydrogens (tertiary/aromatic N) is 2. The summed E-state index contributed by atoms with van der Waals surface area (Å²) in [4.78, 5) is 12.2. The number of carbonyl (C=O) groups is 1. The molecule has 5 heteroatoms. The molecule has 5 nitrogen and oxygen atoms in total. The van der Waals surface area contributed by atoms with E-state index < -0.39 is 5.97 Å². The van der Waals surface area contributed by atoms with Crippen LogP contribution in [-0.2, 0) is 22.9 Å². The Morgan fingerprint density at radius 2 is 2.24 bits per heavy atom. The van der Waals surface area contributed by atoms with Crippen LogP contribution in [0.4, 0.5) is 0 Å². The fourth-order valence-electron chi connectivity index (χ4n) is 3.92. The number of nitriles is 1. The normalized spacial score (nSPS) is 19.6. The number of carbonyl (C=O) groups excluding carboxylic acids is 1.